The van der Waals surface area contributed by atoms with Crippen LogP contribution in [0.3, 0.4) is 0 Å². The molecule has 0 aliphatic carbocycles. The van der Waals surface area contributed by atoms with Crippen LogP contribution in [-0.4, -0.2) is 33.5 Å². The van der Waals surface area contributed by atoms with Crippen molar-refractivity contribution in [2.45, 2.75) is 6.54 Å². The molecular weight excluding hydrogens is 483 g/mol. The van der Waals surface area contributed by atoms with E-state index in [0.29, 0.717) is 49.5 Å². The number of pyridine rings is 1. The first kappa shape index (κ1) is 22.0. The Bertz CT molecular complexity index is 1330. The lowest BCUT2D eigenvalue weighted by Crippen LogP contribution is -2.44. The first-order valence-corrected chi connectivity index (χ1v) is 11.5. The molecule has 7 nitrogen and oxygen atoms in total. The molecule has 1 fully saturated rings. The van der Waals surface area contributed by atoms with Gasteiger partial charge < -0.3 is 20.5 Å². The van der Waals surface area contributed by atoms with Crippen LogP contribution >= 0.6 is 34.8 Å². The number of aromatic nitrogens is 3. The van der Waals surface area contributed by atoms with Crippen LogP contribution in [0.25, 0.3) is 11.0 Å². The zero-order valence-electron chi connectivity index (χ0n) is 17.3. The number of nitrogens with one attached hydrogen (secondary N) is 3. The zero-order valence-corrected chi connectivity index (χ0v) is 19.5. The molecule has 4 aromatic rings. The predicted molar refractivity (Wildman–Crippen MR) is 133 cm³/mol. The van der Waals surface area contributed by atoms with Crippen LogP contribution in [0.1, 0.15) is 10.4 Å². The maximum Gasteiger partial charge on any atom is 0.256 e. The topological polar surface area (TPSA) is 83.9 Å². The Morgan fingerprint density at radius 1 is 1.09 bits per heavy atom. The van der Waals surface area contributed by atoms with Gasteiger partial charge in [0.25, 0.3) is 5.91 Å². The fourth-order valence-electron chi connectivity index (χ4n) is 3.68. The summed E-state index contributed by atoms with van der Waals surface area (Å²) in [6.07, 6.45) is 1.54. The highest BCUT2D eigenvalue weighted by atomic mass is 35.5. The number of rotatable bonds is 6. The van der Waals surface area contributed by atoms with Gasteiger partial charge in [-0.15, -0.1) is 0 Å². The van der Waals surface area contributed by atoms with E-state index in [-0.39, 0.29) is 5.91 Å². The second kappa shape index (κ2) is 9.19. The van der Waals surface area contributed by atoms with Gasteiger partial charge in [0, 0.05) is 42.3 Å². The number of para-hydroxylation sites is 1. The van der Waals surface area contributed by atoms with Crippen molar-refractivity contribution in [2.24, 2.45) is 5.92 Å². The number of benzene rings is 2. The van der Waals surface area contributed by atoms with E-state index in [0.717, 1.165) is 25.2 Å². The van der Waals surface area contributed by atoms with Crippen LogP contribution < -0.4 is 16.0 Å². The van der Waals surface area contributed by atoms with E-state index in [1.165, 1.54) is 6.20 Å². The Morgan fingerprint density at radius 3 is 2.58 bits per heavy atom. The van der Waals surface area contributed by atoms with Gasteiger partial charge in [-0.1, -0.05) is 40.9 Å². The Kier molecular flexibility index (Phi) is 6.12. The van der Waals surface area contributed by atoms with Crippen LogP contribution in [0, 0.1) is 5.92 Å². The highest BCUT2D eigenvalue weighted by Gasteiger charge is 2.22. The average molecular weight is 502 g/mol. The van der Waals surface area contributed by atoms with Crippen LogP contribution in [-0.2, 0) is 6.54 Å². The first-order chi connectivity index (χ1) is 16.0. The maximum absolute atomic E-state index is 12.8. The summed E-state index contributed by atoms with van der Waals surface area (Å²) in [6, 6.07) is 14.0. The van der Waals surface area contributed by atoms with Crippen LogP contribution in [0.4, 0.5) is 17.5 Å². The molecule has 0 spiro atoms. The number of carbonyl (C=O) groups excluding carboxylic acids is 1. The Balaban J connectivity index is 1.50. The van der Waals surface area contributed by atoms with E-state index in [4.69, 9.17) is 39.8 Å². The average Bonchev–Trinajstić information content (AvgIpc) is 3.09. The van der Waals surface area contributed by atoms with Gasteiger partial charge in [-0.3, -0.25) is 4.79 Å². The Hall–Kier alpha value is -2.84. The van der Waals surface area contributed by atoms with Gasteiger partial charge in [-0.2, -0.15) is 0 Å². The molecule has 2 aromatic carbocycles. The van der Waals surface area contributed by atoms with E-state index in [1.807, 2.05) is 6.07 Å². The van der Waals surface area contributed by atoms with Gasteiger partial charge in [0.1, 0.15) is 5.82 Å². The molecule has 1 amide bonds. The summed E-state index contributed by atoms with van der Waals surface area (Å²) >= 11 is 18.7. The molecule has 33 heavy (non-hydrogen) atoms. The summed E-state index contributed by atoms with van der Waals surface area (Å²) < 4.78 is 2.10. The van der Waals surface area contributed by atoms with E-state index in [9.17, 15) is 4.79 Å². The largest absolute Gasteiger partial charge is 0.323 e. The molecule has 1 saturated heterocycles. The number of fused-ring (bicyclic) bond motifs is 1. The van der Waals surface area contributed by atoms with Crippen LogP contribution in [0.15, 0.2) is 54.7 Å². The van der Waals surface area contributed by atoms with E-state index < -0.39 is 0 Å². The molecule has 168 valence electrons. The quantitative estimate of drug-likeness (QED) is 0.320. The normalized spacial score (nSPS) is 13.7. The first-order valence-electron chi connectivity index (χ1n) is 10.3. The van der Waals surface area contributed by atoms with Crippen molar-refractivity contribution >= 4 is 69.2 Å². The predicted octanol–water partition coefficient (Wildman–Crippen LogP) is 5.61. The molecule has 0 radical (unpaired) electrons. The summed E-state index contributed by atoms with van der Waals surface area (Å²) in [7, 11) is 0. The number of nitrogens with zero attached hydrogens (tertiary/aromatic N) is 3. The fraction of sp³-hybridized carbons (Fsp3) is 0.174. The lowest BCUT2D eigenvalue weighted by molar-refractivity contribution is 0.102. The van der Waals surface area contributed by atoms with Gasteiger partial charge in [0.05, 0.1) is 26.8 Å². The number of halogens is 3. The minimum Gasteiger partial charge on any atom is -0.323 e. The van der Waals surface area contributed by atoms with Crippen molar-refractivity contribution < 1.29 is 4.79 Å². The lowest BCUT2D eigenvalue weighted by Gasteiger charge is -2.28. The molecule has 0 bridgehead atoms. The summed E-state index contributed by atoms with van der Waals surface area (Å²) in [5.74, 6) is 1.18. The summed E-state index contributed by atoms with van der Waals surface area (Å²) in [6.45, 7) is 2.66. The van der Waals surface area contributed by atoms with Gasteiger partial charge >= 0.3 is 0 Å². The molecule has 10 heteroatoms. The third-order valence-electron chi connectivity index (χ3n) is 5.48. The SMILES string of the molecule is O=C(Nc1cc(Cl)ccn1)c1ccc2c(c1)nc(Nc1c(Cl)cccc1Cl)n2CC1CNC1. The van der Waals surface area contributed by atoms with Crippen molar-refractivity contribution in [1.29, 1.82) is 0 Å². The second-order valence-corrected chi connectivity index (χ2v) is 9.06. The number of imidazole rings is 1. The molecule has 3 N–H and O–H groups in total. The number of hydrogen-bond acceptors (Lipinski definition) is 5. The van der Waals surface area contributed by atoms with E-state index in [2.05, 4.69) is 25.5 Å². The lowest BCUT2D eigenvalue weighted by atomic mass is 10.0. The molecule has 0 saturated carbocycles. The molecule has 1 aliphatic rings. The smallest absolute Gasteiger partial charge is 0.256 e. The van der Waals surface area contributed by atoms with Crippen molar-refractivity contribution in [1.82, 2.24) is 19.9 Å². The maximum atomic E-state index is 12.8. The molecule has 0 atom stereocenters. The third-order valence-corrected chi connectivity index (χ3v) is 6.35. The number of carbonyl (C=O) groups is 1. The van der Waals surface area contributed by atoms with Crippen molar-refractivity contribution in [3.8, 4) is 0 Å². The van der Waals surface area contributed by atoms with Crippen LogP contribution in [0.5, 0.6) is 0 Å². The summed E-state index contributed by atoms with van der Waals surface area (Å²) in [5.41, 5.74) is 2.64. The number of anilines is 3. The summed E-state index contributed by atoms with van der Waals surface area (Å²) in [5, 5.41) is 10.8. The second-order valence-electron chi connectivity index (χ2n) is 7.81. The van der Waals surface area contributed by atoms with Gasteiger partial charge in [-0.05, 0) is 42.5 Å². The summed E-state index contributed by atoms with van der Waals surface area (Å²) in [4.78, 5) is 21.7. The Labute approximate surface area is 205 Å². The molecular formula is C23H19Cl3N6O. The van der Waals surface area contributed by atoms with Crippen molar-refractivity contribution in [3.05, 3.63) is 75.4 Å². The highest BCUT2D eigenvalue weighted by molar-refractivity contribution is 6.39. The van der Waals surface area contributed by atoms with E-state index in [1.54, 1.807) is 42.5 Å². The third kappa shape index (κ3) is 4.63. The van der Waals surface area contributed by atoms with E-state index >= 15 is 0 Å². The molecule has 3 heterocycles. The fourth-order valence-corrected chi connectivity index (χ4v) is 4.33. The Morgan fingerprint density at radius 2 is 1.88 bits per heavy atom. The van der Waals surface area contributed by atoms with Crippen molar-refractivity contribution in [3.63, 3.8) is 0 Å². The molecule has 0 unspecified atom stereocenters. The van der Waals surface area contributed by atoms with Gasteiger partial charge in [0.2, 0.25) is 5.95 Å². The van der Waals surface area contributed by atoms with Gasteiger partial charge in [-0.25, -0.2) is 9.97 Å². The molecule has 1 aliphatic heterocycles. The standard InChI is InChI=1S/C23H19Cl3N6O/c24-15-6-7-28-20(9-15)30-22(33)14-4-5-19-18(8-14)29-23(32(19)12-13-10-27-11-13)31-21-16(25)2-1-3-17(21)26/h1-9,13,27H,10-12H2,(H,29,31)(H,28,30,33). The molecule has 5 rings (SSSR count). The minimum atomic E-state index is -0.298. The highest BCUT2D eigenvalue weighted by Crippen LogP contribution is 2.34. The van der Waals surface area contributed by atoms with Crippen molar-refractivity contribution in [2.75, 3.05) is 23.7 Å². The number of hydrogen-bond donors (Lipinski definition) is 3. The monoisotopic (exact) mass is 500 g/mol. The zero-order chi connectivity index (χ0) is 22.9. The molecule has 2 aromatic heterocycles. The number of amides is 1. The van der Waals surface area contributed by atoms with Crippen LogP contribution in [0.2, 0.25) is 15.1 Å². The minimum absolute atomic E-state index is 0.298. The van der Waals surface area contributed by atoms with Gasteiger partial charge in [0.15, 0.2) is 0 Å².